The van der Waals surface area contributed by atoms with Crippen LogP contribution in [0.1, 0.15) is 11.1 Å². The first-order chi connectivity index (χ1) is 10.3. The number of ether oxygens (including phenoxy) is 1. The van der Waals surface area contributed by atoms with Gasteiger partial charge in [-0.25, -0.2) is 4.57 Å². The van der Waals surface area contributed by atoms with Gasteiger partial charge < -0.3 is 4.74 Å². The molecule has 0 aliphatic heterocycles. The molecule has 1 aromatic heterocycles. The van der Waals surface area contributed by atoms with E-state index in [0.717, 1.165) is 11.3 Å². The molecule has 2 nitrogen and oxygen atoms in total. The highest BCUT2D eigenvalue weighted by atomic mass is 16.5. The number of fused-ring (bicyclic) bond motifs is 1. The highest BCUT2D eigenvalue weighted by molar-refractivity contribution is 5.88. The second kappa shape index (κ2) is 5.80. The standard InChI is InChI=1S/C19H18NO/c1-20-14-13-16(18-5-3-4-6-19(18)20)10-7-15-8-11-17(21-2)12-9-15/h3-14H,1-2H3/q+1. The molecule has 0 atom stereocenters. The van der Waals surface area contributed by atoms with Gasteiger partial charge in [0, 0.05) is 12.1 Å². The van der Waals surface area contributed by atoms with Crippen LogP contribution < -0.4 is 9.30 Å². The monoisotopic (exact) mass is 276 g/mol. The van der Waals surface area contributed by atoms with E-state index in [2.05, 4.69) is 72.4 Å². The average Bonchev–Trinajstić information content (AvgIpc) is 2.55. The molecule has 21 heavy (non-hydrogen) atoms. The van der Waals surface area contributed by atoms with Crippen molar-refractivity contribution in [1.82, 2.24) is 0 Å². The quantitative estimate of drug-likeness (QED) is 0.662. The lowest BCUT2D eigenvalue weighted by molar-refractivity contribution is -0.644. The Labute approximate surface area is 124 Å². The SMILES string of the molecule is COc1ccc(C=Cc2cc[n+](C)c3ccccc23)cc1. The summed E-state index contributed by atoms with van der Waals surface area (Å²) < 4.78 is 7.31. The van der Waals surface area contributed by atoms with Crippen LogP contribution in [-0.4, -0.2) is 7.11 Å². The van der Waals surface area contributed by atoms with Gasteiger partial charge in [0.1, 0.15) is 12.8 Å². The molecule has 0 amide bonds. The third-order valence-corrected chi connectivity index (χ3v) is 3.64. The zero-order valence-electron chi connectivity index (χ0n) is 12.3. The smallest absolute Gasteiger partial charge is 0.212 e. The molecule has 0 unspecified atom stereocenters. The van der Waals surface area contributed by atoms with Crippen molar-refractivity contribution in [3.8, 4) is 5.75 Å². The van der Waals surface area contributed by atoms with Gasteiger partial charge in [-0.1, -0.05) is 36.4 Å². The molecule has 0 saturated carbocycles. The van der Waals surface area contributed by atoms with E-state index in [9.17, 15) is 0 Å². The van der Waals surface area contributed by atoms with Crippen LogP contribution in [0.5, 0.6) is 5.75 Å². The van der Waals surface area contributed by atoms with Crippen molar-refractivity contribution in [3.63, 3.8) is 0 Å². The second-order valence-electron chi connectivity index (χ2n) is 5.01. The molecule has 0 fully saturated rings. The van der Waals surface area contributed by atoms with E-state index in [1.807, 2.05) is 12.1 Å². The molecule has 0 radical (unpaired) electrons. The van der Waals surface area contributed by atoms with E-state index >= 15 is 0 Å². The fraction of sp³-hybridized carbons (Fsp3) is 0.105. The van der Waals surface area contributed by atoms with Gasteiger partial charge in [-0.05, 0) is 29.3 Å². The number of hydrogen-bond acceptors (Lipinski definition) is 1. The van der Waals surface area contributed by atoms with Gasteiger partial charge in [0.25, 0.3) is 0 Å². The largest absolute Gasteiger partial charge is 0.497 e. The van der Waals surface area contributed by atoms with Crippen LogP contribution in [0.3, 0.4) is 0 Å². The van der Waals surface area contributed by atoms with E-state index in [0.29, 0.717) is 0 Å². The third kappa shape index (κ3) is 2.79. The Kier molecular flexibility index (Phi) is 3.69. The number of aromatic nitrogens is 1. The first-order valence-corrected chi connectivity index (χ1v) is 6.97. The van der Waals surface area contributed by atoms with Crippen LogP contribution in [0.4, 0.5) is 0 Å². The summed E-state index contributed by atoms with van der Waals surface area (Å²) in [6.07, 6.45) is 6.38. The van der Waals surface area contributed by atoms with Gasteiger partial charge in [0.2, 0.25) is 5.52 Å². The summed E-state index contributed by atoms with van der Waals surface area (Å²) in [4.78, 5) is 0. The van der Waals surface area contributed by atoms with Crippen LogP contribution >= 0.6 is 0 Å². The van der Waals surface area contributed by atoms with E-state index in [1.165, 1.54) is 16.5 Å². The lowest BCUT2D eigenvalue weighted by Gasteiger charge is -2.01. The number of nitrogens with zero attached hydrogens (tertiary/aromatic N) is 1. The molecule has 0 saturated heterocycles. The minimum atomic E-state index is 0.879. The second-order valence-corrected chi connectivity index (χ2v) is 5.01. The first-order valence-electron chi connectivity index (χ1n) is 6.97. The molecular weight excluding hydrogens is 258 g/mol. The fourth-order valence-electron chi connectivity index (χ4n) is 2.43. The number of para-hydroxylation sites is 1. The van der Waals surface area contributed by atoms with Crippen molar-refractivity contribution in [2.75, 3.05) is 7.11 Å². The van der Waals surface area contributed by atoms with Gasteiger partial charge in [-0.2, -0.15) is 0 Å². The van der Waals surface area contributed by atoms with Gasteiger partial charge in [0.05, 0.1) is 12.5 Å². The summed E-state index contributed by atoms with van der Waals surface area (Å²) in [6.45, 7) is 0. The number of rotatable bonds is 3. The highest BCUT2D eigenvalue weighted by Gasteiger charge is 2.06. The van der Waals surface area contributed by atoms with Crippen LogP contribution in [0.25, 0.3) is 23.1 Å². The minimum absolute atomic E-state index is 0.879. The lowest BCUT2D eigenvalue weighted by atomic mass is 10.1. The van der Waals surface area contributed by atoms with E-state index in [1.54, 1.807) is 7.11 Å². The van der Waals surface area contributed by atoms with Crippen LogP contribution in [0.2, 0.25) is 0 Å². The van der Waals surface area contributed by atoms with Crippen molar-refractivity contribution in [2.24, 2.45) is 7.05 Å². The summed E-state index contributed by atoms with van der Waals surface area (Å²) in [5, 5.41) is 1.26. The van der Waals surface area contributed by atoms with Gasteiger partial charge >= 0.3 is 0 Å². The minimum Gasteiger partial charge on any atom is -0.497 e. The average molecular weight is 276 g/mol. The molecule has 2 heteroatoms. The van der Waals surface area contributed by atoms with E-state index < -0.39 is 0 Å². The molecule has 2 aromatic carbocycles. The summed E-state index contributed by atoms with van der Waals surface area (Å²) in [7, 11) is 3.75. The Bertz CT molecular complexity index is 788. The Balaban J connectivity index is 1.97. The van der Waals surface area contributed by atoms with Crippen molar-refractivity contribution in [1.29, 1.82) is 0 Å². The van der Waals surface area contributed by atoms with Crippen molar-refractivity contribution < 1.29 is 9.30 Å². The van der Waals surface area contributed by atoms with Crippen molar-refractivity contribution in [3.05, 3.63) is 71.9 Å². The highest BCUT2D eigenvalue weighted by Crippen LogP contribution is 2.18. The van der Waals surface area contributed by atoms with Crippen LogP contribution in [0.15, 0.2) is 60.8 Å². The van der Waals surface area contributed by atoms with Gasteiger partial charge in [-0.3, -0.25) is 0 Å². The maximum atomic E-state index is 5.18. The van der Waals surface area contributed by atoms with Gasteiger partial charge in [-0.15, -0.1) is 0 Å². The molecule has 0 aliphatic rings. The molecule has 0 spiro atoms. The Hall–Kier alpha value is -2.61. The zero-order valence-corrected chi connectivity index (χ0v) is 12.3. The number of aryl methyl sites for hydroxylation is 1. The normalized spacial score (nSPS) is 11.1. The van der Waals surface area contributed by atoms with E-state index in [4.69, 9.17) is 4.74 Å². The fourth-order valence-corrected chi connectivity index (χ4v) is 2.43. The Morgan fingerprint density at radius 2 is 1.67 bits per heavy atom. The maximum absolute atomic E-state index is 5.18. The summed E-state index contributed by atoms with van der Waals surface area (Å²) >= 11 is 0. The zero-order chi connectivity index (χ0) is 14.7. The molecule has 1 heterocycles. The number of methoxy groups -OCH3 is 1. The number of hydrogen-bond donors (Lipinski definition) is 0. The van der Waals surface area contributed by atoms with E-state index in [-0.39, 0.29) is 0 Å². The predicted molar refractivity (Wildman–Crippen MR) is 87.0 cm³/mol. The third-order valence-electron chi connectivity index (χ3n) is 3.64. The molecular formula is C19H18NO+. The molecule has 0 bridgehead atoms. The van der Waals surface area contributed by atoms with Crippen molar-refractivity contribution in [2.45, 2.75) is 0 Å². The van der Waals surface area contributed by atoms with Crippen LogP contribution in [-0.2, 0) is 7.05 Å². The number of benzene rings is 2. The summed E-state index contributed by atoms with van der Waals surface area (Å²) in [6, 6.07) is 18.6. The maximum Gasteiger partial charge on any atom is 0.212 e. The molecule has 3 aromatic rings. The Morgan fingerprint density at radius 3 is 2.43 bits per heavy atom. The molecule has 3 rings (SSSR count). The first kappa shape index (κ1) is 13.4. The molecule has 104 valence electrons. The summed E-state index contributed by atoms with van der Waals surface area (Å²) in [5.41, 5.74) is 3.61. The lowest BCUT2D eigenvalue weighted by Crippen LogP contribution is -2.28. The van der Waals surface area contributed by atoms with Gasteiger partial charge in [0.15, 0.2) is 6.20 Å². The number of pyridine rings is 1. The topological polar surface area (TPSA) is 13.1 Å². The predicted octanol–water partition coefficient (Wildman–Crippen LogP) is 3.84. The van der Waals surface area contributed by atoms with Crippen LogP contribution in [0, 0.1) is 0 Å². The molecule has 0 aliphatic carbocycles. The Morgan fingerprint density at radius 1 is 0.905 bits per heavy atom. The summed E-state index contributed by atoms with van der Waals surface area (Å²) in [5.74, 6) is 0.879. The molecule has 0 N–H and O–H groups in total. The van der Waals surface area contributed by atoms with Crippen molar-refractivity contribution >= 4 is 23.1 Å².